The van der Waals surface area contributed by atoms with Crippen LogP contribution in [0.2, 0.25) is 0 Å². The van der Waals surface area contributed by atoms with Crippen LogP contribution in [0.15, 0.2) is 24.3 Å². The number of benzene rings is 1. The number of aromatic amines is 1. The zero-order valence-electron chi connectivity index (χ0n) is 13.2. The van der Waals surface area contributed by atoms with E-state index >= 15 is 0 Å². The number of carbonyl (C=O) groups is 2. The highest BCUT2D eigenvalue weighted by molar-refractivity contribution is 6.02. The van der Waals surface area contributed by atoms with Crippen LogP contribution >= 0.6 is 0 Å². The molecule has 0 saturated carbocycles. The molecule has 3 N–H and O–H groups in total. The molecule has 2 rings (SSSR count). The van der Waals surface area contributed by atoms with E-state index in [4.69, 9.17) is 0 Å². The first-order chi connectivity index (χ1) is 10.8. The summed E-state index contributed by atoms with van der Waals surface area (Å²) in [6.07, 6.45) is -0.941. The van der Waals surface area contributed by atoms with E-state index in [0.29, 0.717) is 28.1 Å². The average molecular weight is 318 g/mol. The summed E-state index contributed by atoms with van der Waals surface area (Å²) in [7, 11) is 0. The van der Waals surface area contributed by atoms with Crippen molar-refractivity contribution < 1.29 is 19.1 Å². The van der Waals surface area contributed by atoms with E-state index in [2.05, 4.69) is 10.3 Å². The van der Waals surface area contributed by atoms with Crippen molar-refractivity contribution in [2.75, 3.05) is 6.54 Å². The minimum absolute atomic E-state index is 0.0165. The number of carbonyl (C=O) groups excluding carboxylic acids is 2. The predicted octanol–water partition coefficient (Wildman–Crippen LogP) is 2.44. The Morgan fingerprint density at radius 1 is 1.26 bits per heavy atom. The smallest absolute Gasteiger partial charge is 0.268 e. The van der Waals surface area contributed by atoms with Gasteiger partial charge in [0.1, 0.15) is 11.5 Å². The van der Waals surface area contributed by atoms with E-state index in [0.717, 1.165) is 0 Å². The quantitative estimate of drug-likeness (QED) is 0.741. The maximum atomic E-state index is 12.9. The second-order valence-corrected chi connectivity index (χ2v) is 5.46. The molecule has 2 aromatic rings. The molecule has 0 aliphatic rings. The zero-order valence-corrected chi connectivity index (χ0v) is 13.2. The van der Waals surface area contributed by atoms with Crippen LogP contribution in [0.25, 0.3) is 0 Å². The van der Waals surface area contributed by atoms with Gasteiger partial charge in [0, 0.05) is 17.8 Å². The van der Waals surface area contributed by atoms with Crippen LogP contribution in [-0.4, -0.2) is 28.3 Å². The molecule has 1 aromatic carbocycles. The molecule has 0 aliphatic carbocycles. The fourth-order valence-electron chi connectivity index (χ4n) is 2.59. The number of ketones is 1. The van der Waals surface area contributed by atoms with E-state index in [-0.39, 0.29) is 18.1 Å². The Kier molecular flexibility index (Phi) is 4.95. The Hall–Kier alpha value is -2.47. The topological polar surface area (TPSA) is 82.2 Å². The van der Waals surface area contributed by atoms with Gasteiger partial charge in [0.05, 0.1) is 6.10 Å². The van der Waals surface area contributed by atoms with Crippen LogP contribution in [0.4, 0.5) is 4.39 Å². The van der Waals surface area contributed by atoms with E-state index in [1.165, 1.54) is 31.2 Å². The van der Waals surface area contributed by atoms with Crippen molar-refractivity contribution in [1.82, 2.24) is 10.3 Å². The predicted molar refractivity (Wildman–Crippen MR) is 84.0 cm³/mol. The van der Waals surface area contributed by atoms with E-state index in [1.54, 1.807) is 13.8 Å². The van der Waals surface area contributed by atoms with Crippen LogP contribution < -0.4 is 5.32 Å². The highest BCUT2D eigenvalue weighted by atomic mass is 19.1. The van der Waals surface area contributed by atoms with Crippen LogP contribution in [0.3, 0.4) is 0 Å². The molecule has 0 aliphatic heterocycles. The van der Waals surface area contributed by atoms with Crippen molar-refractivity contribution in [3.05, 3.63) is 58.2 Å². The first-order valence-corrected chi connectivity index (χ1v) is 7.23. The fraction of sp³-hybridized carbons (Fsp3) is 0.294. The Balaban J connectivity index is 2.07. The molecule has 6 heteroatoms. The Morgan fingerprint density at radius 3 is 2.39 bits per heavy atom. The third kappa shape index (κ3) is 3.65. The van der Waals surface area contributed by atoms with Crippen molar-refractivity contribution >= 4 is 11.7 Å². The molecule has 0 saturated heterocycles. The van der Waals surface area contributed by atoms with Crippen molar-refractivity contribution in [2.45, 2.75) is 26.9 Å². The van der Waals surface area contributed by atoms with Gasteiger partial charge in [-0.15, -0.1) is 0 Å². The van der Waals surface area contributed by atoms with Gasteiger partial charge >= 0.3 is 0 Å². The molecule has 5 nitrogen and oxygen atoms in total. The Bertz CT molecular complexity index is 735. The number of nitrogens with one attached hydrogen (secondary N) is 2. The molecule has 0 fully saturated rings. The lowest BCUT2D eigenvalue weighted by Gasteiger charge is -2.12. The lowest BCUT2D eigenvalue weighted by atomic mass is 10.1. The molecule has 0 bridgehead atoms. The maximum Gasteiger partial charge on any atom is 0.268 e. The van der Waals surface area contributed by atoms with Gasteiger partial charge in [0.15, 0.2) is 5.78 Å². The van der Waals surface area contributed by atoms with Gasteiger partial charge in [-0.2, -0.15) is 0 Å². The lowest BCUT2D eigenvalue weighted by Crippen LogP contribution is -2.29. The van der Waals surface area contributed by atoms with E-state index in [9.17, 15) is 19.1 Å². The number of Topliss-reactive ketones (excluding diaryl/α,β-unsaturated/α-hetero) is 1. The van der Waals surface area contributed by atoms with Gasteiger partial charge in [-0.1, -0.05) is 12.1 Å². The third-order valence-corrected chi connectivity index (χ3v) is 3.73. The largest absolute Gasteiger partial charge is 0.387 e. The number of amides is 1. The molecule has 1 atom stereocenters. The summed E-state index contributed by atoms with van der Waals surface area (Å²) < 4.78 is 12.9. The van der Waals surface area contributed by atoms with Crippen LogP contribution in [0, 0.1) is 19.7 Å². The van der Waals surface area contributed by atoms with Gasteiger partial charge in [0.25, 0.3) is 5.91 Å². The molecule has 0 spiro atoms. The highest BCUT2D eigenvalue weighted by Crippen LogP contribution is 2.19. The van der Waals surface area contributed by atoms with Crippen LogP contribution in [0.1, 0.15) is 50.7 Å². The highest BCUT2D eigenvalue weighted by Gasteiger charge is 2.20. The van der Waals surface area contributed by atoms with Gasteiger partial charge in [-0.25, -0.2) is 4.39 Å². The van der Waals surface area contributed by atoms with Gasteiger partial charge in [0.2, 0.25) is 0 Å². The number of aliphatic hydroxyl groups is 1. The monoisotopic (exact) mass is 318 g/mol. The Labute approximate surface area is 133 Å². The number of rotatable bonds is 5. The summed E-state index contributed by atoms with van der Waals surface area (Å²) in [5.74, 6) is -0.903. The first kappa shape index (κ1) is 16.9. The lowest BCUT2D eigenvalue weighted by molar-refractivity contribution is 0.0911. The fourth-order valence-corrected chi connectivity index (χ4v) is 2.59. The number of hydrogen-bond donors (Lipinski definition) is 3. The standard InChI is InChI=1S/C17H19FN2O3/c1-9-15(11(3)21)10(2)20-16(9)17(23)19-8-14(22)12-4-6-13(18)7-5-12/h4-7,14,20,22H,8H2,1-3H3,(H,19,23). The van der Waals surface area contributed by atoms with Crippen molar-refractivity contribution in [3.8, 4) is 0 Å². The third-order valence-electron chi connectivity index (χ3n) is 3.73. The summed E-state index contributed by atoms with van der Waals surface area (Å²) in [5.41, 5.74) is 2.55. The second-order valence-electron chi connectivity index (χ2n) is 5.46. The van der Waals surface area contributed by atoms with Crippen LogP contribution in [-0.2, 0) is 0 Å². The Morgan fingerprint density at radius 2 is 1.87 bits per heavy atom. The van der Waals surface area contributed by atoms with E-state index < -0.39 is 12.0 Å². The molecule has 1 aromatic heterocycles. The van der Waals surface area contributed by atoms with Crippen molar-refractivity contribution in [1.29, 1.82) is 0 Å². The normalized spacial score (nSPS) is 12.0. The average Bonchev–Trinajstić information content (AvgIpc) is 2.80. The minimum atomic E-state index is -0.941. The van der Waals surface area contributed by atoms with Crippen LogP contribution in [0.5, 0.6) is 0 Å². The first-order valence-electron chi connectivity index (χ1n) is 7.23. The number of aryl methyl sites for hydroxylation is 1. The molecule has 122 valence electrons. The number of hydrogen-bond acceptors (Lipinski definition) is 3. The molecular formula is C17H19FN2O3. The number of aliphatic hydroxyl groups excluding tert-OH is 1. The summed E-state index contributed by atoms with van der Waals surface area (Å²) >= 11 is 0. The van der Waals surface area contributed by atoms with Gasteiger partial charge < -0.3 is 15.4 Å². The number of aromatic nitrogens is 1. The SMILES string of the molecule is CC(=O)c1c(C)[nH]c(C(=O)NCC(O)c2ccc(F)cc2)c1C. The summed E-state index contributed by atoms with van der Waals surface area (Å²) in [4.78, 5) is 26.7. The summed E-state index contributed by atoms with van der Waals surface area (Å²) in [6, 6.07) is 5.42. The summed E-state index contributed by atoms with van der Waals surface area (Å²) in [6.45, 7) is 4.86. The molecule has 1 amide bonds. The summed E-state index contributed by atoms with van der Waals surface area (Å²) in [5, 5.41) is 12.6. The van der Waals surface area contributed by atoms with Gasteiger partial charge in [-0.3, -0.25) is 9.59 Å². The minimum Gasteiger partial charge on any atom is -0.387 e. The molecule has 1 heterocycles. The number of H-pyrrole nitrogens is 1. The van der Waals surface area contributed by atoms with Crippen molar-refractivity contribution in [3.63, 3.8) is 0 Å². The molecule has 1 unspecified atom stereocenters. The van der Waals surface area contributed by atoms with E-state index in [1.807, 2.05) is 0 Å². The molecule has 0 radical (unpaired) electrons. The molecule has 23 heavy (non-hydrogen) atoms. The second kappa shape index (κ2) is 6.75. The molecular weight excluding hydrogens is 299 g/mol. The zero-order chi connectivity index (χ0) is 17.1. The number of halogens is 1. The van der Waals surface area contributed by atoms with Gasteiger partial charge in [-0.05, 0) is 44.0 Å². The maximum absolute atomic E-state index is 12.9. The van der Waals surface area contributed by atoms with Crippen molar-refractivity contribution in [2.24, 2.45) is 0 Å².